The van der Waals surface area contributed by atoms with Crippen LogP contribution in [-0.4, -0.2) is 5.11 Å². The summed E-state index contributed by atoms with van der Waals surface area (Å²) in [7, 11) is 0. The number of hydrogen-bond acceptors (Lipinski definition) is 4. The number of benzene rings is 2. The van der Waals surface area contributed by atoms with Crippen molar-refractivity contribution in [1.29, 1.82) is 0 Å². The zero-order valence-electron chi connectivity index (χ0n) is 12.6. The molecule has 0 aliphatic carbocycles. The van der Waals surface area contributed by atoms with E-state index < -0.39 is 5.63 Å². The Hall–Kier alpha value is -2.46. The summed E-state index contributed by atoms with van der Waals surface area (Å²) in [6.07, 6.45) is 0.693. The highest BCUT2D eigenvalue weighted by molar-refractivity contribution is 6.33. The lowest BCUT2D eigenvalue weighted by atomic mass is 10.0. The molecule has 0 aliphatic heterocycles. The van der Waals surface area contributed by atoms with E-state index >= 15 is 0 Å². The van der Waals surface area contributed by atoms with Gasteiger partial charge in [-0.1, -0.05) is 30.7 Å². The van der Waals surface area contributed by atoms with Crippen LogP contribution in [0.5, 0.6) is 5.75 Å². The van der Waals surface area contributed by atoms with Crippen molar-refractivity contribution < 1.29 is 9.52 Å². The van der Waals surface area contributed by atoms with Crippen LogP contribution < -0.4 is 10.9 Å². The molecule has 1 aromatic heterocycles. The van der Waals surface area contributed by atoms with Gasteiger partial charge in [0, 0.05) is 24.1 Å². The van der Waals surface area contributed by atoms with Crippen LogP contribution in [0, 0.1) is 0 Å². The number of rotatable bonds is 4. The Morgan fingerprint density at radius 3 is 2.70 bits per heavy atom. The molecular weight excluding hydrogens is 314 g/mol. The predicted molar refractivity (Wildman–Crippen MR) is 92.3 cm³/mol. The van der Waals surface area contributed by atoms with Crippen LogP contribution in [0.1, 0.15) is 18.1 Å². The summed E-state index contributed by atoms with van der Waals surface area (Å²) in [5.74, 6) is 0.138. The third-order valence-corrected chi connectivity index (χ3v) is 4.08. The number of para-hydroxylation sites is 1. The van der Waals surface area contributed by atoms with E-state index in [2.05, 4.69) is 5.32 Å². The Bertz CT molecular complexity index is 918. The average molecular weight is 330 g/mol. The van der Waals surface area contributed by atoms with Crippen molar-refractivity contribution in [1.82, 2.24) is 0 Å². The quantitative estimate of drug-likeness (QED) is 0.699. The molecule has 118 valence electrons. The molecule has 2 aromatic carbocycles. The second-order valence-corrected chi connectivity index (χ2v) is 5.66. The second-order valence-electron chi connectivity index (χ2n) is 5.25. The van der Waals surface area contributed by atoms with Crippen LogP contribution in [-0.2, 0) is 13.0 Å². The minimum Gasteiger partial charge on any atom is -0.508 e. The standard InChI is InChI=1S/C18H16ClNO3/c1-2-11-7-13-12(8-18(22)23-17(13)9-16(11)21)10-20-15-6-4-3-5-14(15)19/h3-9,20-21H,2,10H2,1H3. The zero-order valence-corrected chi connectivity index (χ0v) is 13.4. The van der Waals surface area contributed by atoms with Crippen molar-refractivity contribution in [2.24, 2.45) is 0 Å². The molecule has 0 saturated carbocycles. The molecule has 0 fully saturated rings. The number of phenolic OH excluding ortho intramolecular Hbond substituents is 1. The third kappa shape index (κ3) is 3.17. The molecule has 0 atom stereocenters. The Morgan fingerprint density at radius 1 is 1.17 bits per heavy atom. The molecule has 0 amide bonds. The Morgan fingerprint density at radius 2 is 1.96 bits per heavy atom. The first-order chi connectivity index (χ1) is 11.1. The third-order valence-electron chi connectivity index (χ3n) is 3.75. The van der Waals surface area contributed by atoms with Crippen LogP contribution in [0.25, 0.3) is 11.0 Å². The van der Waals surface area contributed by atoms with E-state index in [1.54, 1.807) is 6.07 Å². The molecule has 3 rings (SSSR count). The summed E-state index contributed by atoms with van der Waals surface area (Å²) in [6.45, 7) is 2.39. The van der Waals surface area contributed by atoms with Gasteiger partial charge in [0.05, 0.1) is 10.7 Å². The number of phenols is 1. The average Bonchev–Trinajstić information content (AvgIpc) is 2.53. The van der Waals surface area contributed by atoms with Gasteiger partial charge in [0.15, 0.2) is 0 Å². The lowest BCUT2D eigenvalue weighted by molar-refractivity contribution is 0.466. The number of nitrogens with one attached hydrogen (secondary N) is 1. The van der Waals surface area contributed by atoms with Crippen molar-refractivity contribution >= 4 is 28.3 Å². The van der Waals surface area contributed by atoms with Gasteiger partial charge < -0.3 is 14.8 Å². The lowest BCUT2D eigenvalue weighted by Gasteiger charge is -2.11. The van der Waals surface area contributed by atoms with Gasteiger partial charge in [-0.05, 0) is 35.7 Å². The first-order valence-electron chi connectivity index (χ1n) is 7.35. The van der Waals surface area contributed by atoms with E-state index in [1.807, 2.05) is 31.2 Å². The highest BCUT2D eigenvalue weighted by Gasteiger charge is 2.10. The molecule has 3 aromatic rings. The normalized spacial score (nSPS) is 10.9. The molecule has 0 spiro atoms. The van der Waals surface area contributed by atoms with Crippen LogP contribution in [0.3, 0.4) is 0 Å². The van der Waals surface area contributed by atoms with Gasteiger partial charge in [-0.25, -0.2) is 4.79 Å². The monoisotopic (exact) mass is 329 g/mol. The largest absolute Gasteiger partial charge is 0.508 e. The summed E-state index contributed by atoms with van der Waals surface area (Å²) in [4.78, 5) is 11.7. The van der Waals surface area contributed by atoms with E-state index in [0.29, 0.717) is 23.6 Å². The maximum absolute atomic E-state index is 11.7. The molecule has 2 N–H and O–H groups in total. The number of aromatic hydroxyl groups is 1. The number of halogens is 1. The summed E-state index contributed by atoms with van der Waals surface area (Å²) in [5.41, 5.74) is 2.33. The Labute approximate surface area is 138 Å². The van der Waals surface area contributed by atoms with Crippen molar-refractivity contribution in [2.75, 3.05) is 5.32 Å². The van der Waals surface area contributed by atoms with Gasteiger partial charge >= 0.3 is 5.63 Å². The fourth-order valence-electron chi connectivity index (χ4n) is 2.53. The van der Waals surface area contributed by atoms with Gasteiger partial charge in [-0.2, -0.15) is 0 Å². The number of fused-ring (bicyclic) bond motifs is 1. The molecule has 0 saturated heterocycles. The molecule has 0 radical (unpaired) electrons. The highest BCUT2D eigenvalue weighted by atomic mass is 35.5. The maximum atomic E-state index is 11.7. The van der Waals surface area contributed by atoms with Gasteiger partial charge in [0.1, 0.15) is 11.3 Å². The predicted octanol–water partition coefficient (Wildman–Crippen LogP) is 4.33. The summed E-state index contributed by atoms with van der Waals surface area (Å²) in [5, 5.41) is 14.6. The Kier molecular flexibility index (Phi) is 4.26. The molecule has 0 aliphatic rings. The minimum absolute atomic E-state index is 0.138. The van der Waals surface area contributed by atoms with Crippen molar-refractivity contribution in [3.63, 3.8) is 0 Å². The minimum atomic E-state index is -0.447. The Balaban J connectivity index is 2.02. The topological polar surface area (TPSA) is 62.5 Å². The van der Waals surface area contributed by atoms with E-state index in [1.165, 1.54) is 12.1 Å². The van der Waals surface area contributed by atoms with Crippen LogP contribution >= 0.6 is 11.6 Å². The molecule has 23 heavy (non-hydrogen) atoms. The van der Waals surface area contributed by atoms with Crippen molar-refractivity contribution in [3.05, 3.63) is 69.0 Å². The molecule has 0 unspecified atom stereocenters. The highest BCUT2D eigenvalue weighted by Crippen LogP contribution is 2.28. The summed E-state index contributed by atoms with van der Waals surface area (Å²) >= 11 is 6.13. The maximum Gasteiger partial charge on any atom is 0.336 e. The number of hydrogen-bond donors (Lipinski definition) is 2. The number of anilines is 1. The van der Waals surface area contributed by atoms with E-state index in [9.17, 15) is 9.90 Å². The van der Waals surface area contributed by atoms with Gasteiger partial charge in [-0.15, -0.1) is 0 Å². The van der Waals surface area contributed by atoms with Crippen LogP contribution in [0.15, 0.2) is 51.7 Å². The fraction of sp³-hybridized carbons (Fsp3) is 0.167. The van der Waals surface area contributed by atoms with Crippen LogP contribution in [0.4, 0.5) is 5.69 Å². The molecule has 1 heterocycles. The van der Waals surface area contributed by atoms with E-state index in [4.69, 9.17) is 16.0 Å². The van der Waals surface area contributed by atoms with Crippen LogP contribution in [0.2, 0.25) is 5.02 Å². The number of aryl methyl sites for hydroxylation is 1. The summed E-state index contributed by atoms with van der Waals surface area (Å²) in [6, 6.07) is 12.2. The SMILES string of the molecule is CCc1cc2c(CNc3ccccc3Cl)cc(=O)oc2cc1O. The molecule has 4 nitrogen and oxygen atoms in total. The smallest absolute Gasteiger partial charge is 0.336 e. The first-order valence-corrected chi connectivity index (χ1v) is 7.73. The zero-order chi connectivity index (χ0) is 16.4. The van der Waals surface area contributed by atoms with E-state index in [0.717, 1.165) is 22.2 Å². The molecular formula is C18H16ClNO3. The lowest BCUT2D eigenvalue weighted by Crippen LogP contribution is -2.06. The van der Waals surface area contributed by atoms with Crippen molar-refractivity contribution in [3.8, 4) is 5.75 Å². The van der Waals surface area contributed by atoms with E-state index in [-0.39, 0.29) is 5.75 Å². The summed E-state index contributed by atoms with van der Waals surface area (Å²) < 4.78 is 5.19. The first kappa shape index (κ1) is 15.4. The van der Waals surface area contributed by atoms with Gasteiger partial charge in [-0.3, -0.25) is 0 Å². The van der Waals surface area contributed by atoms with Crippen molar-refractivity contribution in [2.45, 2.75) is 19.9 Å². The van der Waals surface area contributed by atoms with Gasteiger partial charge in [0.2, 0.25) is 0 Å². The second kappa shape index (κ2) is 6.34. The van der Waals surface area contributed by atoms with Gasteiger partial charge in [0.25, 0.3) is 0 Å². The molecule has 0 bridgehead atoms. The molecule has 5 heteroatoms. The fourth-order valence-corrected chi connectivity index (χ4v) is 2.73.